The van der Waals surface area contributed by atoms with Crippen molar-refractivity contribution in [3.05, 3.63) is 91.4 Å². The van der Waals surface area contributed by atoms with Crippen LogP contribution in [0.15, 0.2) is 91.4 Å². The number of benzene rings is 2. The molecule has 3 nitrogen and oxygen atoms in total. The molecule has 2 aromatic heterocycles. The quantitative estimate of drug-likeness (QED) is 0.553. The van der Waals surface area contributed by atoms with Crippen LogP contribution >= 0.6 is 0 Å². The molecule has 0 amide bonds. The van der Waals surface area contributed by atoms with E-state index in [1.54, 1.807) is 6.20 Å². The summed E-state index contributed by atoms with van der Waals surface area (Å²) in [5.41, 5.74) is 4.23. The average Bonchev–Trinajstić information content (AvgIpc) is 3.09. The molecule has 0 aliphatic carbocycles. The Hall–Kier alpha value is -3.20. The molecule has 0 spiro atoms. The predicted molar refractivity (Wildman–Crippen MR) is 92.2 cm³/mol. The topological polar surface area (TPSA) is 30.7 Å². The van der Waals surface area contributed by atoms with Crippen molar-refractivity contribution in [1.82, 2.24) is 14.5 Å². The summed E-state index contributed by atoms with van der Waals surface area (Å²) < 4.78 is 2.04. The van der Waals surface area contributed by atoms with Crippen LogP contribution in [0, 0.1) is 0 Å². The molecule has 0 N–H and O–H groups in total. The summed E-state index contributed by atoms with van der Waals surface area (Å²) in [4.78, 5) is 9.13. The lowest BCUT2D eigenvalue weighted by molar-refractivity contribution is 0.999. The monoisotopic (exact) mass is 297 g/mol. The molecule has 2 heterocycles. The van der Waals surface area contributed by atoms with Gasteiger partial charge in [0, 0.05) is 17.3 Å². The lowest BCUT2D eigenvalue weighted by atomic mass is 10.0. The van der Waals surface area contributed by atoms with Gasteiger partial charge in [-0.15, -0.1) is 0 Å². The number of pyridine rings is 1. The van der Waals surface area contributed by atoms with Gasteiger partial charge in [-0.25, -0.2) is 9.97 Å². The first kappa shape index (κ1) is 13.5. The summed E-state index contributed by atoms with van der Waals surface area (Å²) in [6, 6.07) is 26.4. The second-order valence-corrected chi connectivity index (χ2v) is 5.23. The highest BCUT2D eigenvalue weighted by molar-refractivity contribution is 5.79. The second-order valence-electron chi connectivity index (χ2n) is 5.23. The molecule has 0 saturated heterocycles. The molecule has 0 radical (unpaired) electrons. The van der Waals surface area contributed by atoms with Crippen molar-refractivity contribution in [1.29, 1.82) is 0 Å². The van der Waals surface area contributed by atoms with Crippen LogP contribution in [-0.4, -0.2) is 14.5 Å². The number of rotatable bonds is 3. The van der Waals surface area contributed by atoms with Gasteiger partial charge in [-0.2, -0.15) is 0 Å². The molecular weight excluding hydrogens is 282 g/mol. The molecule has 110 valence electrons. The zero-order chi connectivity index (χ0) is 15.5. The third kappa shape index (κ3) is 2.53. The predicted octanol–water partition coefficient (Wildman–Crippen LogP) is 4.60. The standard InChI is InChI=1S/C20H15N3/c1-3-9-16(10-4-1)19-20(17-11-5-2-6-12-17)23(15-22-19)18-13-7-8-14-21-18/h1-15H. The van der Waals surface area contributed by atoms with Gasteiger partial charge >= 0.3 is 0 Å². The van der Waals surface area contributed by atoms with Gasteiger partial charge in [-0.3, -0.25) is 4.57 Å². The number of hydrogen-bond donors (Lipinski definition) is 0. The van der Waals surface area contributed by atoms with Crippen molar-refractivity contribution in [2.45, 2.75) is 0 Å². The summed E-state index contributed by atoms with van der Waals surface area (Å²) in [5.74, 6) is 0.862. The normalized spacial score (nSPS) is 10.6. The van der Waals surface area contributed by atoms with E-state index in [-0.39, 0.29) is 0 Å². The van der Waals surface area contributed by atoms with Crippen LogP contribution in [0.1, 0.15) is 0 Å². The number of hydrogen-bond acceptors (Lipinski definition) is 2. The van der Waals surface area contributed by atoms with E-state index in [1.807, 2.05) is 65.5 Å². The SMILES string of the molecule is c1ccc(-c2ncn(-c3ccccn3)c2-c2ccccc2)cc1. The smallest absolute Gasteiger partial charge is 0.138 e. The van der Waals surface area contributed by atoms with Gasteiger partial charge in [0.1, 0.15) is 12.1 Å². The summed E-state index contributed by atoms with van der Waals surface area (Å²) >= 11 is 0. The van der Waals surface area contributed by atoms with Crippen LogP contribution in [0.25, 0.3) is 28.3 Å². The number of aromatic nitrogens is 3. The van der Waals surface area contributed by atoms with Crippen molar-refractivity contribution in [3.63, 3.8) is 0 Å². The van der Waals surface area contributed by atoms with Crippen LogP contribution in [0.4, 0.5) is 0 Å². The summed E-state index contributed by atoms with van der Waals surface area (Å²) in [6.07, 6.45) is 3.64. The van der Waals surface area contributed by atoms with E-state index in [4.69, 9.17) is 0 Å². The Labute approximate surface area is 134 Å². The van der Waals surface area contributed by atoms with Gasteiger partial charge in [0.15, 0.2) is 0 Å². The van der Waals surface area contributed by atoms with Crippen molar-refractivity contribution >= 4 is 0 Å². The maximum absolute atomic E-state index is 4.66. The van der Waals surface area contributed by atoms with Crippen LogP contribution in [-0.2, 0) is 0 Å². The maximum Gasteiger partial charge on any atom is 0.138 e. The molecule has 0 unspecified atom stereocenters. The molecule has 2 aromatic carbocycles. The third-order valence-electron chi connectivity index (χ3n) is 3.76. The lowest BCUT2D eigenvalue weighted by Crippen LogP contribution is -1.98. The Morgan fingerprint density at radius 1 is 0.609 bits per heavy atom. The Balaban J connectivity index is 1.97. The van der Waals surface area contributed by atoms with E-state index in [9.17, 15) is 0 Å². The van der Waals surface area contributed by atoms with Gasteiger partial charge in [0.2, 0.25) is 0 Å². The summed E-state index contributed by atoms with van der Waals surface area (Å²) in [5, 5.41) is 0. The van der Waals surface area contributed by atoms with Gasteiger partial charge in [-0.1, -0.05) is 66.7 Å². The Morgan fingerprint density at radius 3 is 1.91 bits per heavy atom. The van der Waals surface area contributed by atoms with E-state index in [1.165, 1.54) is 0 Å². The van der Waals surface area contributed by atoms with Crippen LogP contribution in [0.2, 0.25) is 0 Å². The van der Waals surface area contributed by atoms with Gasteiger partial charge < -0.3 is 0 Å². The van der Waals surface area contributed by atoms with Crippen LogP contribution in [0.5, 0.6) is 0 Å². The van der Waals surface area contributed by atoms with Crippen molar-refractivity contribution in [3.8, 4) is 28.3 Å². The highest BCUT2D eigenvalue weighted by Gasteiger charge is 2.16. The first-order valence-corrected chi connectivity index (χ1v) is 7.53. The number of imidazole rings is 1. The lowest BCUT2D eigenvalue weighted by Gasteiger charge is -2.10. The molecule has 0 atom stereocenters. The minimum Gasteiger partial charge on any atom is -0.282 e. The van der Waals surface area contributed by atoms with E-state index in [2.05, 4.69) is 34.2 Å². The largest absolute Gasteiger partial charge is 0.282 e. The molecular formula is C20H15N3. The zero-order valence-corrected chi connectivity index (χ0v) is 12.5. The minimum atomic E-state index is 0.862. The molecule has 0 aliphatic rings. The van der Waals surface area contributed by atoms with E-state index < -0.39 is 0 Å². The van der Waals surface area contributed by atoms with Gasteiger partial charge in [0.25, 0.3) is 0 Å². The Kier molecular flexibility index (Phi) is 3.45. The molecule has 23 heavy (non-hydrogen) atoms. The molecule has 3 heteroatoms. The fraction of sp³-hybridized carbons (Fsp3) is 0. The fourth-order valence-corrected chi connectivity index (χ4v) is 2.70. The molecule has 4 rings (SSSR count). The second kappa shape index (κ2) is 5.89. The van der Waals surface area contributed by atoms with E-state index in [0.29, 0.717) is 0 Å². The Morgan fingerprint density at radius 2 is 1.26 bits per heavy atom. The third-order valence-corrected chi connectivity index (χ3v) is 3.76. The first-order chi connectivity index (χ1) is 11.4. The van der Waals surface area contributed by atoms with E-state index in [0.717, 1.165) is 28.3 Å². The minimum absolute atomic E-state index is 0.862. The van der Waals surface area contributed by atoms with Crippen molar-refractivity contribution in [2.75, 3.05) is 0 Å². The Bertz CT molecular complexity index is 841. The average molecular weight is 297 g/mol. The fourth-order valence-electron chi connectivity index (χ4n) is 2.70. The van der Waals surface area contributed by atoms with Gasteiger partial charge in [-0.05, 0) is 12.1 Å². The van der Waals surface area contributed by atoms with Crippen molar-refractivity contribution in [2.24, 2.45) is 0 Å². The molecule has 4 aromatic rings. The van der Waals surface area contributed by atoms with Gasteiger partial charge in [0.05, 0.1) is 11.4 Å². The summed E-state index contributed by atoms with van der Waals surface area (Å²) in [6.45, 7) is 0. The molecule has 0 aliphatic heterocycles. The maximum atomic E-state index is 4.66. The first-order valence-electron chi connectivity index (χ1n) is 7.53. The van der Waals surface area contributed by atoms with Crippen molar-refractivity contribution < 1.29 is 0 Å². The molecule has 0 fully saturated rings. The summed E-state index contributed by atoms with van der Waals surface area (Å²) in [7, 11) is 0. The highest BCUT2D eigenvalue weighted by Crippen LogP contribution is 2.32. The zero-order valence-electron chi connectivity index (χ0n) is 12.5. The molecule has 0 bridgehead atoms. The number of nitrogens with zero attached hydrogens (tertiary/aromatic N) is 3. The van der Waals surface area contributed by atoms with Crippen LogP contribution in [0.3, 0.4) is 0 Å². The van der Waals surface area contributed by atoms with Crippen LogP contribution < -0.4 is 0 Å². The highest BCUT2D eigenvalue weighted by atomic mass is 15.1. The molecule has 0 saturated carbocycles. The van der Waals surface area contributed by atoms with E-state index >= 15 is 0 Å².